The molecule has 17 heavy (non-hydrogen) atoms. The van der Waals surface area contributed by atoms with Crippen molar-refractivity contribution in [1.82, 2.24) is 0 Å². The highest BCUT2D eigenvalue weighted by Gasteiger charge is 2.23. The normalized spacial score (nSPS) is 13.4. The van der Waals surface area contributed by atoms with E-state index in [1.54, 1.807) is 6.07 Å². The summed E-state index contributed by atoms with van der Waals surface area (Å²) in [6.45, 7) is 1.35. The third kappa shape index (κ3) is 2.04. The van der Waals surface area contributed by atoms with Gasteiger partial charge in [-0.3, -0.25) is 14.4 Å². The zero-order chi connectivity index (χ0) is 12.6. The Kier molecular flexibility index (Phi) is 2.67. The van der Waals surface area contributed by atoms with Crippen molar-refractivity contribution in [2.75, 3.05) is 5.32 Å². The summed E-state index contributed by atoms with van der Waals surface area (Å²) in [4.78, 5) is 33.8. The number of hydrogen-bond acceptors (Lipinski definition) is 3. The molecule has 5 nitrogen and oxygen atoms in total. The zero-order valence-corrected chi connectivity index (χ0v) is 9.37. The lowest BCUT2D eigenvalue weighted by molar-refractivity contribution is -0.114. The molecule has 2 rings (SSSR count). The van der Waals surface area contributed by atoms with Gasteiger partial charge < -0.3 is 11.1 Å². The standard InChI is InChI=1S/C12H12N2O3/c1-6(15)14-10-4-7-2-3-11(16)8(7)5-9(10)12(13)17/h4-5H,2-3H2,1H3,(H2,13,17)(H,14,15). The Bertz CT molecular complexity index is 535. The van der Waals surface area contributed by atoms with Crippen molar-refractivity contribution in [1.29, 1.82) is 0 Å². The maximum atomic E-state index is 11.5. The van der Waals surface area contributed by atoms with Gasteiger partial charge in [-0.25, -0.2) is 0 Å². The van der Waals surface area contributed by atoms with E-state index in [2.05, 4.69) is 5.32 Å². The molecule has 88 valence electrons. The fourth-order valence-electron chi connectivity index (χ4n) is 1.99. The van der Waals surface area contributed by atoms with Crippen LogP contribution in [0.15, 0.2) is 12.1 Å². The minimum absolute atomic E-state index is 0.0110. The van der Waals surface area contributed by atoms with Crippen LogP contribution in [0.4, 0.5) is 5.69 Å². The highest BCUT2D eigenvalue weighted by Crippen LogP contribution is 2.28. The van der Waals surface area contributed by atoms with Crippen LogP contribution in [0.3, 0.4) is 0 Å². The van der Waals surface area contributed by atoms with Crippen LogP contribution in [0, 0.1) is 0 Å². The van der Waals surface area contributed by atoms with Crippen molar-refractivity contribution in [3.05, 3.63) is 28.8 Å². The first kappa shape index (κ1) is 11.3. The molecular weight excluding hydrogens is 220 g/mol. The van der Waals surface area contributed by atoms with Gasteiger partial charge in [-0.1, -0.05) is 0 Å². The third-order valence-electron chi connectivity index (χ3n) is 2.74. The Morgan fingerprint density at radius 2 is 2.00 bits per heavy atom. The number of anilines is 1. The van der Waals surface area contributed by atoms with Crippen LogP contribution < -0.4 is 11.1 Å². The SMILES string of the molecule is CC(=O)Nc1cc2c(cc1C(N)=O)C(=O)CC2. The summed E-state index contributed by atoms with van der Waals surface area (Å²) in [5, 5.41) is 2.55. The molecule has 0 atom stereocenters. The number of ketones is 1. The number of carbonyl (C=O) groups is 3. The summed E-state index contributed by atoms with van der Waals surface area (Å²) in [5.74, 6) is -0.926. The second-order valence-corrected chi connectivity index (χ2v) is 4.02. The molecule has 2 amide bonds. The first-order valence-electron chi connectivity index (χ1n) is 5.26. The number of nitrogens with one attached hydrogen (secondary N) is 1. The molecule has 0 radical (unpaired) electrons. The monoisotopic (exact) mass is 232 g/mol. The maximum absolute atomic E-state index is 11.5. The van der Waals surface area contributed by atoms with Gasteiger partial charge in [0, 0.05) is 18.9 Å². The van der Waals surface area contributed by atoms with E-state index in [0.717, 1.165) is 5.56 Å². The van der Waals surface area contributed by atoms with E-state index in [1.165, 1.54) is 13.0 Å². The Morgan fingerprint density at radius 3 is 2.59 bits per heavy atom. The van der Waals surface area contributed by atoms with E-state index >= 15 is 0 Å². The highest BCUT2D eigenvalue weighted by atomic mass is 16.2. The molecule has 0 heterocycles. The molecule has 0 spiro atoms. The number of rotatable bonds is 2. The summed E-state index contributed by atoms with van der Waals surface area (Å²) in [6, 6.07) is 3.12. The van der Waals surface area contributed by atoms with E-state index in [0.29, 0.717) is 24.1 Å². The number of aryl methyl sites for hydroxylation is 1. The first-order chi connectivity index (χ1) is 7.99. The molecule has 5 heteroatoms. The molecule has 0 unspecified atom stereocenters. The van der Waals surface area contributed by atoms with Crippen LogP contribution in [-0.4, -0.2) is 17.6 Å². The molecule has 0 aromatic heterocycles. The van der Waals surface area contributed by atoms with Crippen molar-refractivity contribution >= 4 is 23.3 Å². The molecule has 0 saturated heterocycles. The largest absolute Gasteiger partial charge is 0.366 e. The Hall–Kier alpha value is -2.17. The minimum atomic E-state index is -0.656. The van der Waals surface area contributed by atoms with Crippen LogP contribution >= 0.6 is 0 Å². The van der Waals surface area contributed by atoms with Crippen LogP contribution in [0.25, 0.3) is 0 Å². The lowest BCUT2D eigenvalue weighted by Gasteiger charge is -2.09. The Morgan fingerprint density at radius 1 is 1.29 bits per heavy atom. The van der Waals surface area contributed by atoms with Gasteiger partial charge in [-0.2, -0.15) is 0 Å². The van der Waals surface area contributed by atoms with E-state index in [-0.39, 0.29) is 17.3 Å². The lowest BCUT2D eigenvalue weighted by Crippen LogP contribution is -2.17. The van der Waals surface area contributed by atoms with Gasteiger partial charge in [0.05, 0.1) is 11.3 Å². The fourth-order valence-corrected chi connectivity index (χ4v) is 1.99. The number of nitrogens with two attached hydrogens (primary N) is 1. The van der Waals surface area contributed by atoms with E-state index in [1.807, 2.05) is 0 Å². The second kappa shape index (κ2) is 4.01. The summed E-state index contributed by atoms with van der Waals surface area (Å²) >= 11 is 0. The first-order valence-corrected chi connectivity index (χ1v) is 5.26. The predicted octanol–water partition coefficient (Wildman–Crippen LogP) is 0.873. The van der Waals surface area contributed by atoms with Gasteiger partial charge in [-0.05, 0) is 24.1 Å². The molecule has 3 N–H and O–H groups in total. The molecule has 0 aliphatic heterocycles. The summed E-state index contributed by atoms with van der Waals surface area (Å²) in [7, 11) is 0. The smallest absolute Gasteiger partial charge is 0.250 e. The number of benzene rings is 1. The molecule has 0 bridgehead atoms. The summed E-state index contributed by atoms with van der Waals surface area (Å²) in [6.07, 6.45) is 1.08. The number of amides is 2. The van der Waals surface area contributed by atoms with Crippen LogP contribution in [0.1, 0.15) is 39.6 Å². The van der Waals surface area contributed by atoms with Crippen molar-refractivity contribution in [3.63, 3.8) is 0 Å². The van der Waals surface area contributed by atoms with E-state index in [4.69, 9.17) is 5.73 Å². The number of fused-ring (bicyclic) bond motifs is 1. The molecule has 1 aromatic carbocycles. The van der Waals surface area contributed by atoms with Crippen molar-refractivity contribution in [2.24, 2.45) is 5.73 Å². The molecule has 0 saturated carbocycles. The van der Waals surface area contributed by atoms with Crippen molar-refractivity contribution in [2.45, 2.75) is 19.8 Å². The number of hydrogen-bond donors (Lipinski definition) is 2. The highest BCUT2D eigenvalue weighted by molar-refractivity contribution is 6.08. The van der Waals surface area contributed by atoms with Gasteiger partial charge in [0.25, 0.3) is 5.91 Å². The van der Waals surface area contributed by atoms with Crippen LogP contribution in [-0.2, 0) is 11.2 Å². The van der Waals surface area contributed by atoms with Gasteiger partial charge in [0.1, 0.15) is 0 Å². The minimum Gasteiger partial charge on any atom is -0.366 e. The predicted molar refractivity (Wildman–Crippen MR) is 61.9 cm³/mol. The molecule has 0 fully saturated rings. The third-order valence-corrected chi connectivity index (χ3v) is 2.74. The summed E-state index contributed by atoms with van der Waals surface area (Å²) in [5.41, 5.74) is 7.16. The number of primary amides is 1. The zero-order valence-electron chi connectivity index (χ0n) is 9.37. The number of carbonyl (C=O) groups excluding carboxylic acids is 3. The number of Topliss-reactive ketones (excluding diaryl/α,β-unsaturated/α-hetero) is 1. The molecular formula is C12H12N2O3. The van der Waals surface area contributed by atoms with E-state index < -0.39 is 5.91 Å². The van der Waals surface area contributed by atoms with Gasteiger partial charge >= 0.3 is 0 Å². The molecule has 1 aliphatic carbocycles. The molecule has 1 aromatic rings. The van der Waals surface area contributed by atoms with Gasteiger partial charge in [-0.15, -0.1) is 0 Å². The second-order valence-electron chi connectivity index (χ2n) is 4.02. The summed E-state index contributed by atoms with van der Waals surface area (Å²) < 4.78 is 0. The van der Waals surface area contributed by atoms with E-state index in [9.17, 15) is 14.4 Å². The average molecular weight is 232 g/mol. The quantitative estimate of drug-likeness (QED) is 0.792. The van der Waals surface area contributed by atoms with Crippen molar-refractivity contribution in [3.8, 4) is 0 Å². The lowest BCUT2D eigenvalue weighted by atomic mass is 10.0. The topological polar surface area (TPSA) is 89.3 Å². The maximum Gasteiger partial charge on any atom is 0.250 e. The van der Waals surface area contributed by atoms with Crippen LogP contribution in [0.5, 0.6) is 0 Å². The Labute approximate surface area is 98.0 Å². The van der Waals surface area contributed by atoms with Gasteiger partial charge in [0.2, 0.25) is 5.91 Å². The van der Waals surface area contributed by atoms with Crippen molar-refractivity contribution < 1.29 is 14.4 Å². The van der Waals surface area contributed by atoms with Crippen LogP contribution in [0.2, 0.25) is 0 Å². The molecule has 1 aliphatic rings. The average Bonchev–Trinajstić information content (AvgIpc) is 2.58. The van der Waals surface area contributed by atoms with Gasteiger partial charge in [0.15, 0.2) is 5.78 Å². The Balaban J connectivity index is 2.55. The fraction of sp³-hybridized carbons (Fsp3) is 0.250.